The van der Waals surface area contributed by atoms with Crippen LogP contribution in [0.5, 0.6) is 0 Å². The third-order valence-electron chi connectivity index (χ3n) is 7.51. The van der Waals surface area contributed by atoms with Crippen molar-refractivity contribution in [3.63, 3.8) is 0 Å². The zero-order chi connectivity index (χ0) is 32.0. The number of carbonyl (C=O) groups is 4. The van der Waals surface area contributed by atoms with Crippen LogP contribution in [-0.4, -0.2) is 57.3 Å². The standard InChI is InChI=1S/2C12H25.2C5H6O4.Sn/c2*1-3-5-7-9-11-12-10-8-6-4-2;2*1-9-5(8)3-2-4(6)7;/h2*1,3-12H2,2H3;2*2-3H,1H3,(H,6,7);/q;;;;+2/p-2/b;;2*3-2-;. The van der Waals surface area contributed by atoms with Crippen LogP contribution in [0.25, 0.3) is 0 Å². The van der Waals surface area contributed by atoms with Gasteiger partial charge in [0.05, 0.1) is 0 Å². The zero-order valence-corrected chi connectivity index (χ0v) is 30.5. The van der Waals surface area contributed by atoms with Crippen LogP contribution in [0.1, 0.15) is 142 Å². The Hall–Kier alpha value is -1.84. The molecule has 9 heteroatoms. The summed E-state index contributed by atoms with van der Waals surface area (Å²) in [5.74, 6) is -2.74. The molecular weight excluding hydrogens is 655 g/mol. The number of unbranched alkanes of at least 4 members (excludes halogenated alkanes) is 18. The monoisotopic (exact) mass is 716 g/mol. The number of ether oxygens (including phenoxy) is 2. The molecule has 0 aliphatic carbocycles. The third kappa shape index (κ3) is 25.2. The summed E-state index contributed by atoms with van der Waals surface area (Å²) in [4.78, 5) is 48.7. The molecule has 0 saturated carbocycles. The number of methoxy groups -OCH3 is 2. The van der Waals surface area contributed by atoms with E-state index in [4.69, 9.17) is 6.15 Å². The average molecular weight is 716 g/mol. The van der Waals surface area contributed by atoms with Gasteiger partial charge in [-0.3, -0.25) is 0 Å². The predicted octanol–water partition coefficient (Wildman–Crippen LogP) is 8.82. The molecule has 0 saturated heterocycles. The van der Waals surface area contributed by atoms with Crippen LogP contribution in [-0.2, 0) is 34.8 Å². The van der Waals surface area contributed by atoms with Crippen LogP contribution in [0.15, 0.2) is 24.3 Å². The Bertz CT molecular complexity index is 742. The van der Waals surface area contributed by atoms with Crippen LogP contribution in [0.4, 0.5) is 0 Å². The molecule has 248 valence electrons. The maximum atomic E-state index is 12.8. The Balaban J connectivity index is 5.31. The van der Waals surface area contributed by atoms with Crippen molar-refractivity contribution in [2.24, 2.45) is 0 Å². The molecule has 0 amide bonds. The molecule has 43 heavy (non-hydrogen) atoms. The molecule has 0 aromatic rings. The molecule has 0 aromatic heterocycles. The summed E-state index contributed by atoms with van der Waals surface area (Å²) in [6.45, 7) is 4.45. The zero-order valence-electron chi connectivity index (χ0n) is 27.6. The fourth-order valence-corrected chi connectivity index (χ4v) is 13.9. The van der Waals surface area contributed by atoms with Gasteiger partial charge in [-0.2, -0.15) is 0 Å². The number of esters is 2. The van der Waals surface area contributed by atoms with Gasteiger partial charge in [0.25, 0.3) is 0 Å². The van der Waals surface area contributed by atoms with E-state index in [0.717, 1.165) is 75.7 Å². The first-order chi connectivity index (χ1) is 20.8. The van der Waals surface area contributed by atoms with Crippen molar-refractivity contribution in [1.82, 2.24) is 0 Å². The topological polar surface area (TPSA) is 105 Å². The Labute approximate surface area is 266 Å². The van der Waals surface area contributed by atoms with Crippen LogP contribution in [0, 0.1) is 0 Å². The van der Waals surface area contributed by atoms with Gasteiger partial charge >= 0.3 is 268 Å². The van der Waals surface area contributed by atoms with Crippen molar-refractivity contribution in [1.29, 1.82) is 0 Å². The molecular formula is C34H60O8Sn. The Morgan fingerprint density at radius 3 is 0.953 bits per heavy atom. The van der Waals surface area contributed by atoms with Gasteiger partial charge in [0.2, 0.25) is 0 Å². The van der Waals surface area contributed by atoms with Gasteiger partial charge in [0.15, 0.2) is 0 Å². The minimum atomic E-state index is -4.33. The molecule has 0 radical (unpaired) electrons. The van der Waals surface area contributed by atoms with Gasteiger partial charge in [-0.05, 0) is 0 Å². The fraction of sp³-hybridized carbons (Fsp3) is 0.765. The van der Waals surface area contributed by atoms with Crippen LogP contribution >= 0.6 is 0 Å². The quantitative estimate of drug-likeness (QED) is 0.0343. The average Bonchev–Trinajstić information content (AvgIpc) is 3.00. The van der Waals surface area contributed by atoms with Crippen molar-refractivity contribution in [2.75, 3.05) is 14.2 Å². The van der Waals surface area contributed by atoms with Crippen LogP contribution in [0.3, 0.4) is 0 Å². The van der Waals surface area contributed by atoms with E-state index in [2.05, 4.69) is 23.3 Å². The number of rotatable bonds is 28. The van der Waals surface area contributed by atoms with Crippen molar-refractivity contribution in [3.8, 4) is 0 Å². The van der Waals surface area contributed by atoms with Gasteiger partial charge in [-0.15, -0.1) is 0 Å². The van der Waals surface area contributed by atoms with Crippen LogP contribution in [0.2, 0.25) is 8.87 Å². The molecule has 0 atom stereocenters. The SMILES string of the molecule is CCCCCCCCCCC[CH2][Sn]([CH2]CCCCCCCCCCC)([O]C(=O)/C=C\C(=O)OC)[O]C(=O)/C=C\C(=O)OC. The molecule has 0 aliphatic rings. The molecule has 0 N–H and O–H groups in total. The second kappa shape index (κ2) is 28.9. The van der Waals surface area contributed by atoms with E-state index >= 15 is 0 Å². The molecule has 0 rings (SSSR count). The van der Waals surface area contributed by atoms with Gasteiger partial charge < -0.3 is 0 Å². The van der Waals surface area contributed by atoms with Gasteiger partial charge in [-0.1, -0.05) is 0 Å². The number of carbonyl (C=O) groups excluding carboxylic acids is 4. The van der Waals surface area contributed by atoms with Gasteiger partial charge in [-0.25, -0.2) is 0 Å². The van der Waals surface area contributed by atoms with E-state index < -0.39 is 43.1 Å². The van der Waals surface area contributed by atoms with E-state index in [1.807, 2.05) is 0 Å². The first kappa shape index (κ1) is 41.2. The minimum absolute atomic E-state index is 0.540. The fourth-order valence-electron chi connectivity index (χ4n) is 4.96. The normalized spacial score (nSPS) is 11.6. The van der Waals surface area contributed by atoms with Crippen LogP contribution < -0.4 is 0 Å². The van der Waals surface area contributed by atoms with Gasteiger partial charge in [0, 0.05) is 0 Å². The summed E-state index contributed by atoms with van der Waals surface area (Å²) >= 11 is -4.33. The van der Waals surface area contributed by atoms with Crippen molar-refractivity contribution in [3.05, 3.63) is 24.3 Å². The third-order valence-corrected chi connectivity index (χ3v) is 17.1. The van der Waals surface area contributed by atoms with E-state index in [1.165, 1.54) is 91.3 Å². The summed E-state index contributed by atoms with van der Waals surface area (Å²) in [5.41, 5.74) is 0. The molecule has 8 nitrogen and oxygen atoms in total. The molecule has 0 unspecified atom stereocenters. The van der Waals surface area contributed by atoms with Crippen molar-refractivity contribution >= 4 is 43.1 Å². The van der Waals surface area contributed by atoms with E-state index in [1.54, 1.807) is 0 Å². The first-order valence-electron chi connectivity index (χ1n) is 16.8. The summed E-state index contributed by atoms with van der Waals surface area (Å²) in [5, 5.41) is 0. The Morgan fingerprint density at radius 2 is 0.674 bits per heavy atom. The Kier molecular flexibility index (Phi) is 27.7. The molecule has 0 bridgehead atoms. The van der Waals surface area contributed by atoms with Crippen molar-refractivity contribution < 1.29 is 34.8 Å². The maximum absolute atomic E-state index is 12.8. The molecule has 0 aliphatic heterocycles. The van der Waals surface area contributed by atoms with Gasteiger partial charge in [0.1, 0.15) is 0 Å². The predicted molar refractivity (Wildman–Crippen MR) is 174 cm³/mol. The van der Waals surface area contributed by atoms with E-state index in [9.17, 15) is 19.2 Å². The first-order valence-corrected chi connectivity index (χ1v) is 23.2. The Morgan fingerprint density at radius 1 is 0.419 bits per heavy atom. The second-order valence-corrected chi connectivity index (χ2v) is 20.5. The number of hydrogen-bond acceptors (Lipinski definition) is 8. The summed E-state index contributed by atoms with van der Waals surface area (Å²) in [6.07, 6.45) is 27.4. The summed E-state index contributed by atoms with van der Waals surface area (Å²) in [7, 11) is 2.46. The van der Waals surface area contributed by atoms with E-state index in [0.29, 0.717) is 8.87 Å². The molecule has 0 spiro atoms. The summed E-state index contributed by atoms with van der Waals surface area (Å²) in [6, 6.07) is 0. The molecule has 0 heterocycles. The van der Waals surface area contributed by atoms with Crippen molar-refractivity contribution in [2.45, 2.75) is 151 Å². The molecule has 0 aromatic carbocycles. The number of hydrogen-bond donors (Lipinski definition) is 0. The second-order valence-electron chi connectivity index (χ2n) is 11.3. The molecule has 0 fully saturated rings. The summed E-state index contributed by atoms with van der Waals surface area (Å²) < 4.78 is 22.2. The van der Waals surface area contributed by atoms with E-state index in [-0.39, 0.29) is 0 Å².